The van der Waals surface area contributed by atoms with Crippen molar-refractivity contribution in [1.29, 1.82) is 0 Å². The summed E-state index contributed by atoms with van der Waals surface area (Å²) in [6.45, 7) is 8.21. The standard InChI is InChI=1S/C19H27NO4/c1-5-23-17(21)14-16-11-9-15(10-12-16)8-6-7-13-20-18(22)24-19(2,3)4/h6,8-12H,5,7,13-14H2,1-4H3,(H,20,22). The maximum Gasteiger partial charge on any atom is 0.407 e. The molecular formula is C19H27NO4. The van der Waals surface area contributed by atoms with Gasteiger partial charge in [-0.1, -0.05) is 36.4 Å². The molecule has 0 aliphatic rings. The van der Waals surface area contributed by atoms with Crippen LogP contribution in [-0.4, -0.2) is 30.8 Å². The Labute approximate surface area is 144 Å². The van der Waals surface area contributed by atoms with E-state index < -0.39 is 11.7 Å². The average molecular weight is 333 g/mol. The van der Waals surface area contributed by atoms with Gasteiger partial charge in [-0.05, 0) is 45.2 Å². The Morgan fingerprint density at radius 3 is 2.42 bits per heavy atom. The minimum absolute atomic E-state index is 0.214. The predicted molar refractivity (Wildman–Crippen MR) is 94.7 cm³/mol. The zero-order valence-corrected chi connectivity index (χ0v) is 14.9. The van der Waals surface area contributed by atoms with Crippen LogP contribution in [0.5, 0.6) is 0 Å². The van der Waals surface area contributed by atoms with Gasteiger partial charge in [-0.2, -0.15) is 0 Å². The van der Waals surface area contributed by atoms with Gasteiger partial charge in [0.2, 0.25) is 0 Å². The van der Waals surface area contributed by atoms with Crippen LogP contribution >= 0.6 is 0 Å². The summed E-state index contributed by atoms with van der Waals surface area (Å²) in [5, 5.41) is 2.70. The number of alkyl carbamates (subject to hydrolysis) is 1. The van der Waals surface area contributed by atoms with E-state index in [4.69, 9.17) is 9.47 Å². The molecule has 1 rings (SSSR count). The fraction of sp³-hybridized carbons (Fsp3) is 0.474. The molecule has 0 heterocycles. The molecule has 0 saturated carbocycles. The van der Waals surface area contributed by atoms with Gasteiger partial charge in [0.1, 0.15) is 5.60 Å². The van der Waals surface area contributed by atoms with E-state index in [9.17, 15) is 9.59 Å². The van der Waals surface area contributed by atoms with Gasteiger partial charge in [0.25, 0.3) is 0 Å². The lowest BCUT2D eigenvalue weighted by Gasteiger charge is -2.19. The van der Waals surface area contributed by atoms with Gasteiger partial charge in [-0.3, -0.25) is 4.79 Å². The highest BCUT2D eigenvalue weighted by Gasteiger charge is 2.15. The summed E-state index contributed by atoms with van der Waals surface area (Å²) >= 11 is 0. The SMILES string of the molecule is CCOC(=O)Cc1ccc(C=CCCNC(=O)OC(C)(C)C)cc1. The van der Waals surface area contributed by atoms with Gasteiger partial charge in [-0.25, -0.2) is 4.79 Å². The highest BCUT2D eigenvalue weighted by molar-refractivity contribution is 5.72. The third kappa shape index (κ3) is 8.98. The first-order valence-electron chi connectivity index (χ1n) is 8.18. The van der Waals surface area contributed by atoms with Crippen molar-refractivity contribution in [3.8, 4) is 0 Å². The lowest BCUT2D eigenvalue weighted by atomic mass is 10.1. The summed E-state index contributed by atoms with van der Waals surface area (Å²) in [7, 11) is 0. The van der Waals surface area contributed by atoms with E-state index in [0.29, 0.717) is 19.6 Å². The van der Waals surface area contributed by atoms with Crippen LogP contribution in [0.25, 0.3) is 6.08 Å². The van der Waals surface area contributed by atoms with Crippen molar-refractivity contribution >= 4 is 18.1 Å². The fourth-order valence-electron chi connectivity index (χ4n) is 1.92. The van der Waals surface area contributed by atoms with Gasteiger partial charge in [0, 0.05) is 6.54 Å². The number of nitrogens with one attached hydrogen (secondary N) is 1. The largest absolute Gasteiger partial charge is 0.466 e. The monoisotopic (exact) mass is 333 g/mol. The number of esters is 1. The molecule has 1 N–H and O–H groups in total. The van der Waals surface area contributed by atoms with Crippen molar-refractivity contribution in [3.05, 3.63) is 41.5 Å². The normalized spacial score (nSPS) is 11.3. The molecule has 1 aromatic carbocycles. The first-order chi connectivity index (χ1) is 11.3. The van der Waals surface area contributed by atoms with Crippen LogP contribution in [-0.2, 0) is 20.7 Å². The summed E-state index contributed by atoms with van der Waals surface area (Å²) in [5.74, 6) is -0.214. The van der Waals surface area contributed by atoms with Crippen molar-refractivity contribution in [2.75, 3.05) is 13.2 Å². The maximum absolute atomic E-state index is 11.5. The van der Waals surface area contributed by atoms with Gasteiger partial charge in [0.05, 0.1) is 13.0 Å². The van der Waals surface area contributed by atoms with Crippen LogP contribution in [0.1, 0.15) is 45.2 Å². The summed E-state index contributed by atoms with van der Waals surface area (Å²) in [5.41, 5.74) is 1.49. The van der Waals surface area contributed by atoms with Crippen molar-refractivity contribution in [3.63, 3.8) is 0 Å². The quantitative estimate of drug-likeness (QED) is 0.610. The molecule has 0 radical (unpaired) electrons. The second-order valence-electron chi connectivity index (χ2n) is 6.34. The average Bonchev–Trinajstić information content (AvgIpc) is 2.47. The Bertz CT molecular complexity index is 556. The van der Waals surface area contributed by atoms with Gasteiger partial charge < -0.3 is 14.8 Å². The lowest BCUT2D eigenvalue weighted by Crippen LogP contribution is -2.32. The maximum atomic E-state index is 11.5. The molecular weight excluding hydrogens is 306 g/mol. The first kappa shape index (κ1) is 19.7. The number of benzene rings is 1. The third-order valence-corrected chi connectivity index (χ3v) is 2.92. The number of hydrogen-bond donors (Lipinski definition) is 1. The number of rotatable bonds is 7. The Morgan fingerprint density at radius 1 is 1.17 bits per heavy atom. The van der Waals surface area contributed by atoms with E-state index in [1.807, 2.05) is 57.2 Å². The highest BCUT2D eigenvalue weighted by atomic mass is 16.6. The summed E-state index contributed by atoms with van der Waals surface area (Å²) in [6.07, 6.45) is 4.56. The smallest absolute Gasteiger partial charge is 0.407 e. The van der Waals surface area contributed by atoms with E-state index in [1.54, 1.807) is 6.92 Å². The number of amides is 1. The first-order valence-corrected chi connectivity index (χ1v) is 8.18. The molecule has 1 amide bonds. The van der Waals surface area contributed by atoms with E-state index in [1.165, 1.54) is 0 Å². The Morgan fingerprint density at radius 2 is 1.83 bits per heavy atom. The third-order valence-electron chi connectivity index (χ3n) is 2.92. The van der Waals surface area contributed by atoms with Crippen molar-refractivity contribution in [2.45, 2.75) is 46.1 Å². The van der Waals surface area contributed by atoms with E-state index >= 15 is 0 Å². The minimum Gasteiger partial charge on any atom is -0.466 e. The van der Waals surface area contributed by atoms with Gasteiger partial charge >= 0.3 is 12.1 Å². The summed E-state index contributed by atoms with van der Waals surface area (Å²) in [6, 6.07) is 7.73. The molecule has 0 atom stereocenters. The number of ether oxygens (including phenoxy) is 2. The van der Waals surface area contributed by atoms with Crippen LogP contribution in [0.2, 0.25) is 0 Å². The zero-order valence-electron chi connectivity index (χ0n) is 14.9. The summed E-state index contributed by atoms with van der Waals surface area (Å²) < 4.78 is 10.1. The molecule has 0 aliphatic heterocycles. The zero-order chi connectivity index (χ0) is 18.0. The fourth-order valence-corrected chi connectivity index (χ4v) is 1.92. The van der Waals surface area contributed by atoms with E-state index in [2.05, 4.69) is 5.32 Å². The van der Waals surface area contributed by atoms with Gasteiger partial charge in [-0.15, -0.1) is 0 Å². The molecule has 0 bridgehead atoms. The van der Waals surface area contributed by atoms with Crippen LogP contribution < -0.4 is 5.32 Å². The molecule has 0 spiro atoms. The van der Waals surface area contributed by atoms with E-state index in [-0.39, 0.29) is 12.4 Å². The lowest BCUT2D eigenvalue weighted by molar-refractivity contribution is -0.142. The molecule has 0 unspecified atom stereocenters. The van der Waals surface area contributed by atoms with Crippen LogP contribution in [0.3, 0.4) is 0 Å². The van der Waals surface area contributed by atoms with E-state index in [0.717, 1.165) is 11.1 Å². The molecule has 0 aromatic heterocycles. The van der Waals surface area contributed by atoms with Crippen molar-refractivity contribution in [2.24, 2.45) is 0 Å². The molecule has 0 aliphatic carbocycles. The van der Waals surface area contributed by atoms with Crippen LogP contribution in [0.15, 0.2) is 30.3 Å². The number of carbonyl (C=O) groups is 2. The van der Waals surface area contributed by atoms with Crippen molar-refractivity contribution < 1.29 is 19.1 Å². The van der Waals surface area contributed by atoms with Crippen molar-refractivity contribution in [1.82, 2.24) is 5.32 Å². The molecule has 24 heavy (non-hydrogen) atoms. The summed E-state index contributed by atoms with van der Waals surface area (Å²) in [4.78, 5) is 22.9. The number of carbonyl (C=O) groups excluding carboxylic acids is 2. The minimum atomic E-state index is -0.481. The molecule has 5 nitrogen and oxygen atoms in total. The Balaban J connectivity index is 2.32. The van der Waals surface area contributed by atoms with Crippen LogP contribution in [0.4, 0.5) is 4.79 Å². The second-order valence-corrected chi connectivity index (χ2v) is 6.34. The molecule has 5 heteroatoms. The Kier molecular flexibility index (Phi) is 8.02. The van der Waals surface area contributed by atoms with Crippen LogP contribution in [0, 0.1) is 0 Å². The second kappa shape index (κ2) is 9.75. The highest BCUT2D eigenvalue weighted by Crippen LogP contribution is 2.08. The molecule has 0 fully saturated rings. The Hall–Kier alpha value is -2.30. The number of hydrogen-bond acceptors (Lipinski definition) is 4. The molecule has 1 aromatic rings. The van der Waals surface area contributed by atoms with Gasteiger partial charge in [0.15, 0.2) is 0 Å². The topological polar surface area (TPSA) is 64.6 Å². The molecule has 0 saturated heterocycles. The predicted octanol–water partition coefficient (Wildman–Crippen LogP) is 3.72. The molecule has 132 valence electrons.